The smallest absolute Gasteiger partial charge is 0.269 e. The van der Waals surface area contributed by atoms with Crippen molar-refractivity contribution < 1.29 is 12.8 Å². The van der Waals surface area contributed by atoms with E-state index in [2.05, 4.69) is 4.98 Å². The quantitative estimate of drug-likeness (QED) is 0.923. The number of hydrogen-bond acceptors (Lipinski definition) is 3. The number of nitrogens with zero attached hydrogens (tertiary/aromatic N) is 1. The van der Waals surface area contributed by atoms with E-state index in [1.807, 2.05) is 0 Å². The summed E-state index contributed by atoms with van der Waals surface area (Å²) in [6.45, 7) is 0. The topological polar surface area (TPSA) is 70.2 Å². The molecule has 0 saturated heterocycles. The predicted octanol–water partition coefficient (Wildman–Crippen LogP) is 1.34. The monoisotopic (exact) mass is 282 g/mol. The lowest BCUT2D eigenvalue weighted by Gasteiger charge is -2.18. The van der Waals surface area contributed by atoms with Gasteiger partial charge in [0.1, 0.15) is 5.82 Å². The summed E-state index contributed by atoms with van der Waals surface area (Å²) in [5, 5.41) is 0. The van der Waals surface area contributed by atoms with E-state index in [9.17, 15) is 17.6 Å². The number of sulfonamides is 1. The first-order valence-electron chi connectivity index (χ1n) is 5.34. The van der Waals surface area contributed by atoms with E-state index >= 15 is 0 Å². The lowest BCUT2D eigenvalue weighted by atomic mass is 10.3. The van der Waals surface area contributed by atoms with Crippen LogP contribution in [0.2, 0.25) is 0 Å². The predicted molar refractivity (Wildman–Crippen MR) is 69.1 cm³/mol. The summed E-state index contributed by atoms with van der Waals surface area (Å²) in [7, 11) is -2.67. The Kier molecular flexibility index (Phi) is 3.39. The maximum Gasteiger partial charge on any atom is 0.269 e. The molecule has 1 heterocycles. The molecule has 5 nitrogen and oxygen atoms in total. The Labute approximate surface area is 109 Å². The molecule has 0 amide bonds. The van der Waals surface area contributed by atoms with E-state index in [0.29, 0.717) is 0 Å². The molecule has 1 aromatic carbocycles. The van der Waals surface area contributed by atoms with Gasteiger partial charge in [-0.2, -0.15) is 0 Å². The Morgan fingerprint density at radius 3 is 2.37 bits per heavy atom. The maximum absolute atomic E-state index is 12.8. The molecular weight excluding hydrogens is 271 g/mol. The third-order valence-electron chi connectivity index (χ3n) is 2.62. The molecule has 7 heteroatoms. The van der Waals surface area contributed by atoms with Crippen LogP contribution < -0.4 is 9.73 Å². The first-order chi connectivity index (χ1) is 8.93. The van der Waals surface area contributed by atoms with Crippen molar-refractivity contribution in [2.24, 2.45) is 0 Å². The van der Waals surface area contributed by atoms with E-state index in [1.165, 1.54) is 25.4 Å². The number of halogens is 1. The van der Waals surface area contributed by atoms with Crippen LogP contribution in [0.1, 0.15) is 0 Å². The molecule has 0 radical (unpaired) electrons. The molecule has 19 heavy (non-hydrogen) atoms. The minimum absolute atomic E-state index is 0.268. The van der Waals surface area contributed by atoms with Gasteiger partial charge in [-0.05, 0) is 24.3 Å². The Morgan fingerprint density at radius 1 is 1.16 bits per heavy atom. The fourth-order valence-corrected chi connectivity index (χ4v) is 2.77. The number of nitrogens with one attached hydrogen (secondary N) is 1. The van der Waals surface area contributed by atoms with Gasteiger partial charge in [0.15, 0.2) is 4.90 Å². The second kappa shape index (κ2) is 4.85. The Morgan fingerprint density at radius 2 is 1.79 bits per heavy atom. The molecule has 0 aliphatic rings. The Balaban J connectivity index is 2.48. The van der Waals surface area contributed by atoms with Crippen LogP contribution in [0, 0.1) is 5.82 Å². The maximum atomic E-state index is 12.8. The summed E-state index contributed by atoms with van der Waals surface area (Å²) in [4.78, 5) is 13.8. The third-order valence-corrected chi connectivity index (χ3v) is 4.42. The molecule has 0 saturated carbocycles. The largest absolute Gasteiger partial charge is 0.366 e. The average molecular weight is 282 g/mol. The SMILES string of the molecule is CN(c1ccc(F)cc1)S(=O)(=O)c1c[nH]ccc1=O. The van der Waals surface area contributed by atoms with Crippen LogP contribution in [-0.2, 0) is 10.0 Å². The highest BCUT2D eigenvalue weighted by atomic mass is 32.2. The van der Waals surface area contributed by atoms with Gasteiger partial charge in [-0.15, -0.1) is 0 Å². The lowest BCUT2D eigenvalue weighted by molar-refractivity contribution is 0.593. The van der Waals surface area contributed by atoms with Gasteiger partial charge in [0.2, 0.25) is 5.43 Å². The normalized spacial score (nSPS) is 11.3. The van der Waals surface area contributed by atoms with Gasteiger partial charge in [0, 0.05) is 25.5 Å². The van der Waals surface area contributed by atoms with Crippen LogP contribution in [0.25, 0.3) is 0 Å². The van der Waals surface area contributed by atoms with E-state index in [4.69, 9.17) is 0 Å². The highest BCUT2D eigenvalue weighted by molar-refractivity contribution is 7.92. The van der Waals surface area contributed by atoms with E-state index in [0.717, 1.165) is 28.7 Å². The number of benzene rings is 1. The lowest BCUT2D eigenvalue weighted by Crippen LogP contribution is -2.30. The van der Waals surface area contributed by atoms with Gasteiger partial charge in [0.05, 0.1) is 5.69 Å². The summed E-state index contributed by atoms with van der Waals surface area (Å²) >= 11 is 0. The molecule has 0 unspecified atom stereocenters. The molecule has 0 fully saturated rings. The van der Waals surface area contributed by atoms with Crippen LogP contribution in [-0.4, -0.2) is 20.4 Å². The van der Waals surface area contributed by atoms with Crippen molar-refractivity contribution >= 4 is 15.7 Å². The molecule has 0 atom stereocenters. The van der Waals surface area contributed by atoms with Crippen LogP contribution in [0.5, 0.6) is 0 Å². The van der Waals surface area contributed by atoms with Crippen molar-refractivity contribution in [2.75, 3.05) is 11.4 Å². The number of H-pyrrole nitrogens is 1. The van der Waals surface area contributed by atoms with Crippen LogP contribution >= 0.6 is 0 Å². The second-order valence-electron chi connectivity index (χ2n) is 3.82. The zero-order valence-corrected chi connectivity index (χ0v) is 10.8. The Hall–Kier alpha value is -2.15. The Bertz CT molecular complexity index is 738. The highest BCUT2D eigenvalue weighted by Crippen LogP contribution is 2.19. The fraction of sp³-hybridized carbons (Fsp3) is 0.0833. The number of anilines is 1. The molecule has 100 valence electrons. The van der Waals surface area contributed by atoms with Crippen molar-refractivity contribution in [3.63, 3.8) is 0 Å². The number of hydrogen-bond donors (Lipinski definition) is 1. The summed E-state index contributed by atoms with van der Waals surface area (Å²) in [5.41, 5.74) is -0.336. The van der Waals surface area contributed by atoms with Crippen LogP contribution in [0.3, 0.4) is 0 Å². The fourth-order valence-electron chi connectivity index (χ4n) is 1.54. The molecular formula is C12H11FN2O3S. The third kappa shape index (κ3) is 2.50. The zero-order valence-electron chi connectivity index (χ0n) is 10.00. The minimum Gasteiger partial charge on any atom is -0.366 e. The summed E-state index contributed by atoms with van der Waals surface area (Å²) in [6.07, 6.45) is 2.47. The van der Waals surface area contributed by atoms with Crippen LogP contribution in [0.15, 0.2) is 52.4 Å². The number of pyridine rings is 1. The van der Waals surface area contributed by atoms with Crippen LogP contribution in [0.4, 0.5) is 10.1 Å². The average Bonchev–Trinajstić information content (AvgIpc) is 2.39. The molecule has 0 aliphatic carbocycles. The number of aromatic amines is 1. The second-order valence-corrected chi connectivity index (χ2v) is 5.76. The standard InChI is InChI=1S/C12H11FN2O3S/c1-15(10-4-2-9(13)3-5-10)19(17,18)12-8-14-7-6-11(12)16/h2-8H,1H3,(H,14,16). The van der Waals surface area contributed by atoms with Crippen molar-refractivity contribution in [2.45, 2.75) is 4.90 Å². The van der Waals surface area contributed by atoms with Crippen molar-refractivity contribution in [1.29, 1.82) is 0 Å². The number of aromatic nitrogens is 1. The van der Waals surface area contributed by atoms with Crippen molar-refractivity contribution in [3.8, 4) is 0 Å². The first kappa shape index (κ1) is 13.3. The van der Waals surface area contributed by atoms with Gasteiger partial charge in [-0.1, -0.05) is 0 Å². The zero-order chi connectivity index (χ0) is 14.0. The summed E-state index contributed by atoms with van der Waals surface area (Å²) < 4.78 is 38.2. The molecule has 2 aromatic rings. The van der Waals surface area contributed by atoms with Crippen molar-refractivity contribution in [3.05, 3.63) is 58.8 Å². The van der Waals surface area contributed by atoms with Gasteiger partial charge < -0.3 is 4.98 Å². The number of rotatable bonds is 3. The summed E-state index contributed by atoms with van der Waals surface area (Å²) in [6, 6.07) is 6.08. The molecule has 0 bridgehead atoms. The van der Waals surface area contributed by atoms with E-state index < -0.39 is 21.3 Å². The molecule has 0 aliphatic heterocycles. The molecule has 1 N–H and O–H groups in total. The first-order valence-corrected chi connectivity index (χ1v) is 6.78. The van der Waals surface area contributed by atoms with E-state index in [1.54, 1.807) is 0 Å². The highest BCUT2D eigenvalue weighted by Gasteiger charge is 2.23. The van der Waals surface area contributed by atoms with Gasteiger partial charge >= 0.3 is 0 Å². The molecule has 2 rings (SSSR count). The van der Waals surface area contributed by atoms with Crippen molar-refractivity contribution in [1.82, 2.24) is 4.98 Å². The molecule has 0 spiro atoms. The van der Waals surface area contributed by atoms with Gasteiger partial charge in [-0.25, -0.2) is 12.8 Å². The minimum atomic E-state index is -3.97. The van der Waals surface area contributed by atoms with E-state index in [-0.39, 0.29) is 10.6 Å². The van der Waals surface area contributed by atoms with Gasteiger partial charge in [0.25, 0.3) is 10.0 Å². The molecule has 1 aromatic heterocycles. The van der Waals surface area contributed by atoms with Gasteiger partial charge in [-0.3, -0.25) is 9.10 Å². The summed E-state index contributed by atoms with van der Waals surface area (Å²) in [5.74, 6) is -0.466.